The molecule has 45 heavy (non-hydrogen) atoms. The number of nitrogens with zero attached hydrogens (tertiary/aromatic N) is 2. The molecule has 0 atom stereocenters. The topological polar surface area (TPSA) is 38.9 Å². The molecule has 0 aliphatic heterocycles. The largest absolute Gasteiger partial charge is 0.501 e. The Bertz CT molecular complexity index is 1930. The van der Waals surface area contributed by atoms with E-state index in [0.29, 0.717) is 17.2 Å². The van der Waals surface area contributed by atoms with E-state index in [1.165, 1.54) is 5.56 Å². The fourth-order valence-electron chi connectivity index (χ4n) is 4.75. The summed E-state index contributed by atoms with van der Waals surface area (Å²) in [6.45, 7) is 8.27. The SMILES string of the molecule is C[Si](C)(C)c1c[c-]c(-c2ncc(C(F)(F)F)cc2C(F)(F)F)c2oc3ccccc3c12.Cc1ccc(-c2[c-]cccc2)nc1.[Ir]. The van der Waals surface area contributed by atoms with Crippen molar-refractivity contribution in [3.05, 3.63) is 114 Å². The Balaban J connectivity index is 0.000000275. The van der Waals surface area contributed by atoms with Gasteiger partial charge in [0.25, 0.3) is 0 Å². The zero-order chi connectivity index (χ0) is 31.9. The van der Waals surface area contributed by atoms with Gasteiger partial charge in [0.2, 0.25) is 0 Å². The first-order valence-electron chi connectivity index (χ1n) is 13.6. The van der Waals surface area contributed by atoms with E-state index >= 15 is 0 Å². The predicted octanol–water partition coefficient (Wildman–Crippen LogP) is 9.89. The number of aromatic nitrogens is 2. The third kappa shape index (κ3) is 7.38. The van der Waals surface area contributed by atoms with Gasteiger partial charge >= 0.3 is 12.4 Å². The van der Waals surface area contributed by atoms with Crippen LogP contribution >= 0.6 is 0 Å². The first-order chi connectivity index (χ1) is 20.6. The molecule has 235 valence electrons. The monoisotopic (exact) mass is 813 g/mol. The van der Waals surface area contributed by atoms with Crippen molar-refractivity contribution in [2.75, 3.05) is 0 Å². The Labute approximate surface area is 270 Å². The van der Waals surface area contributed by atoms with Crippen molar-refractivity contribution < 1.29 is 50.9 Å². The summed E-state index contributed by atoms with van der Waals surface area (Å²) in [7, 11) is -1.97. The smallest absolute Gasteiger partial charge is 0.417 e. The fourth-order valence-corrected chi connectivity index (χ4v) is 6.26. The minimum Gasteiger partial charge on any atom is -0.501 e. The van der Waals surface area contributed by atoms with E-state index in [4.69, 9.17) is 4.42 Å². The maximum absolute atomic E-state index is 13.7. The standard InChI is InChI=1S/C22H16F6NOSi.C12H10N.Ir/c1-31(2,3)17-9-8-14(20-18(17)13-6-4-5-7-16(13)30-20)19-15(22(26,27)28)10-12(11-29-19)21(23,24)25;1-10-7-8-12(13-9-10)11-5-3-2-4-6-11;/h4-7,9-11H,1-3H3;2-5,7-9H,1H3;/q2*-1;. The molecule has 0 amide bonds. The Morgan fingerprint density at radius 2 is 1.51 bits per heavy atom. The molecule has 1 radical (unpaired) electrons. The molecule has 0 saturated heterocycles. The molecule has 3 aromatic carbocycles. The van der Waals surface area contributed by atoms with Gasteiger partial charge in [-0.3, -0.25) is 0 Å². The van der Waals surface area contributed by atoms with Gasteiger partial charge in [-0.05, 0) is 30.3 Å². The van der Waals surface area contributed by atoms with E-state index < -0.39 is 37.2 Å². The van der Waals surface area contributed by atoms with Crippen molar-refractivity contribution in [2.45, 2.75) is 38.9 Å². The molecule has 0 bridgehead atoms. The molecule has 0 aliphatic carbocycles. The summed E-state index contributed by atoms with van der Waals surface area (Å²) < 4.78 is 86.2. The molecule has 3 nitrogen and oxygen atoms in total. The first-order valence-corrected chi connectivity index (χ1v) is 17.1. The molecular formula is C34H26F6IrN2OSi-2. The van der Waals surface area contributed by atoms with Crippen LogP contribution in [0.25, 0.3) is 44.5 Å². The molecule has 6 rings (SSSR count). The molecule has 0 fully saturated rings. The van der Waals surface area contributed by atoms with Gasteiger partial charge in [0.05, 0.1) is 11.1 Å². The molecule has 11 heteroatoms. The minimum absolute atomic E-state index is 0. The maximum Gasteiger partial charge on any atom is 0.417 e. The van der Waals surface area contributed by atoms with Gasteiger partial charge in [0, 0.05) is 57.2 Å². The van der Waals surface area contributed by atoms with Gasteiger partial charge in [-0.15, -0.1) is 53.2 Å². The zero-order valence-corrected chi connectivity index (χ0v) is 27.9. The van der Waals surface area contributed by atoms with E-state index in [1.54, 1.807) is 30.3 Å². The summed E-state index contributed by atoms with van der Waals surface area (Å²) in [6, 6.07) is 26.6. The Morgan fingerprint density at radius 1 is 0.800 bits per heavy atom. The van der Waals surface area contributed by atoms with Crippen LogP contribution in [0.5, 0.6) is 0 Å². The fraction of sp³-hybridized carbons (Fsp3) is 0.176. The second-order valence-electron chi connectivity index (χ2n) is 11.2. The van der Waals surface area contributed by atoms with Crippen LogP contribution in [0.1, 0.15) is 16.7 Å². The number of benzene rings is 3. The van der Waals surface area contributed by atoms with E-state index in [0.717, 1.165) is 21.8 Å². The molecule has 0 unspecified atom stereocenters. The number of rotatable bonds is 3. The summed E-state index contributed by atoms with van der Waals surface area (Å²) in [6.07, 6.45) is -7.73. The second-order valence-corrected chi connectivity index (χ2v) is 16.3. The molecule has 0 spiro atoms. The third-order valence-corrected chi connectivity index (χ3v) is 8.92. The van der Waals surface area contributed by atoms with E-state index in [9.17, 15) is 26.3 Å². The van der Waals surface area contributed by atoms with Crippen molar-refractivity contribution >= 4 is 35.2 Å². The molecule has 0 N–H and O–H groups in total. The van der Waals surface area contributed by atoms with Crippen LogP contribution in [0.4, 0.5) is 26.3 Å². The van der Waals surface area contributed by atoms with Crippen LogP contribution in [-0.2, 0) is 32.5 Å². The van der Waals surface area contributed by atoms with Crippen LogP contribution in [-0.4, -0.2) is 18.0 Å². The number of furan rings is 1. The Hall–Kier alpha value is -3.79. The summed E-state index contributed by atoms with van der Waals surface area (Å²) in [4.78, 5) is 7.89. The van der Waals surface area contributed by atoms with Gasteiger partial charge in [0.1, 0.15) is 5.58 Å². The number of hydrogen-bond donors (Lipinski definition) is 0. The number of fused-ring (bicyclic) bond motifs is 3. The van der Waals surface area contributed by atoms with Crippen LogP contribution < -0.4 is 5.19 Å². The van der Waals surface area contributed by atoms with E-state index in [1.807, 2.05) is 43.5 Å². The van der Waals surface area contributed by atoms with Crippen LogP contribution in [0.2, 0.25) is 19.6 Å². The van der Waals surface area contributed by atoms with E-state index in [-0.39, 0.29) is 37.3 Å². The molecule has 0 saturated carbocycles. The number of para-hydroxylation sites is 1. The molecule has 3 aromatic heterocycles. The van der Waals surface area contributed by atoms with Crippen molar-refractivity contribution in [2.24, 2.45) is 0 Å². The first kappa shape index (κ1) is 34.1. The average Bonchev–Trinajstić information content (AvgIpc) is 3.36. The van der Waals surface area contributed by atoms with Crippen LogP contribution in [0.3, 0.4) is 0 Å². The minimum atomic E-state index is -5.05. The molecule has 3 heterocycles. The number of halogens is 6. The van der Waals surface area contributed by atoms with Crippen molar-refractivity contribution in [3.63, 3.8) is 0 Å². The quantitative estimate of drug-likeness (QED) is 0.102. The van der Waals surface area contributed by atoms with E-state index in [2.05, 4.69) is 47.8 Å². The van der Waals surface area contributed by atoms with Crippen LogP contribution in [0, 0.1) is 19.1 Å². The van der Waals surface area contributed by atoms with Gasteiger partial charge in [-0.2, -0.15) is 26.3 Å². The summed E-state index contributed by atoms with van der Waals surface area (Å²) in [5.41, 5.74) is 0.0933. The van der Waals surface area contributed by atoms with Gasteiger partial charge < -0.3 is 14.4 Å². The zero-order valence-electron chi connectivity index (χ0n) is 24.5. The van der Waals surface area contributed by atoms with Crippen molar-refractivity contribution in [1.29, 1.82) is 0 Å². The number of alkyl halides is 6. The summed E-state index contributed by atoms with van der Waals surface area (Å²) in [5, 5.41) is 2.31. The van der Waals surface area contributed by atoms with Crippen LogP contribution in [0.15, 0.2) is 89.6 Å². The Kier molecular flexibility index (Phi) is 9.77. The Morgan fingerprint density at radius 3 is 2.11 bits per heavy atom. The molecule has 0 aliphatic rings. The average molecular weight is 813 g/mol. The molecular weight excluding hydrogens is 787 g/mol. The number of hydrogen-bond acceptors (Lipinski definition) is 3. The van der Waals surface area contributed by atoms with Gasteiger partial charge in [-0.1, -0.05) is 60.9 Å². The predicted molar refractivity (Wildman–Crippen MR) is 162 cm³/mol. The third-order valence-electron chi connectivity index (χ3n) is 6.91. The van der Waals surface area contributed by atoms with Gasteiger partial charge in [0.15, 0.2) is 0 Å². The van der Waals surface area contributed by atoms with Crippen molar-refractivity contribution in [3.8, 4) is 22.5 Å². The number of pyridine rings is 2. The normalized spacial score (nSPS) is 12.0. The summed E-state index contributed by atoms with van der Waals surface area (Å²) >= 11 is 0. The maximum atomic E-state index is 13.7. The second kappa shape index (κ2) is 12.9. The van der Waals surface area contributed by atoms with Gasteiger partial charge in [-0.25, -0.2) is 0 Å². The molecule has 6 aromatic rings. The van der Waals surface area contributed by atoms with Crippen molar-refractivity contribution in [1.82, 2.24) is 9.97 Å². The summed E-state index contributed by atoms with van der Waals surface area (Å²) in [5.74, 6) is 0. The number of aryl methyl sites for hydroxylation is 1.